The summed E-state index contributed by atoms with van der Waals surface area (Å²) in [5.74, 6) is -0.183. The van der Waals surface area contributed by atoms with Crippen LogP contribution in [0.4, 0.5) is 5.69 Å². The number of sulfonamides is 1. The van der Waals surface area contributed by atoms with Gasteiger partial charge in [0.2, 0.25) is 11.8 Å². The minimum atomic E-state index is -4.26. The zero-order chi connectivity index (χ0) is 31.7. The predicted octanol–water partition coefficient (Wildman–Crippen LogP) is 5.24. The van der Waals surface area contributed by atoms with E-state index in [0.717, 1.165) is 27.4 Å². The van der Waals surface area contributed by atoms with E-state index in [2.05, 4.69) is 5.32 Å². The van der Waals surface area contributed by atoms with Crippen LogP contribution >= 0.6 is 0 Å². The van der Waals surface area contributed by atoms with Gasteiger partial charge in [-0.15, -0.1) is 0 Å². The second-order valence-electron chi connectivity index (χ2n) is 10.6. The molecule has 3 rings (SSSR count). The molecule has 2 amide bonds. The van der Waals surface area contributed by atoms with Crippen LogP contribution in [0.15, 0.2) is 71.6 Å². The molecule has 3 aromatic rings. The zero-order valence-corrected chi connectivity index (χ0v) is 26.9. The van der Waals surface area contributed by atoms with Crippen molar-refractivity contribution in [2.75, 3.05) is 25.1 Å². The number of ether oxygens (including phenoxy) is 2. The highest BCUT2D eigenvalue weighted by molar-refractivity contribution is 7.92. The first-order valence-electron chi connectivity index (χ1n) is 14.4. The van der Waals surface area contributed by atoms with Crippen LogP contribution < -0.4 is 19.1 Å². The summed E-state index contributed by atoms with van der Waals surface area (Å²) in [7, 11) is -1.36. The Morgan fingerprint density at radius 1 is 0.884 bits per heavy atom. The lowest BCUT2D eigenvalue weighted by atomic mass is 10.1. The van der Waals surface area contributed by atoms with Crippen LogP contribution in [0.5, 0.6) is 11.5 Å². The Balaban J connectivity index is 2.15. The number of hydrogen-bond acceptors (Lipinski definition) is 6. The van der Waals surface area contributed by atoms with Gasteiger partial charge >= 0.3 is 0 Å². The van der Waals surface area contributed by atoms with Gasteiger partial charge in [-0.25, -0.2) is 8.42 Å². The number of amides is 2. The molecule has 0 fully saturated rings. The van der Waals surface area contributed by atoms with Crippen LogP contribution in [0.2, 0.25) is 0 Å². The van der Waals surface area contributed by atoms with Crippen LogP contribution in [-0.4, -0.2) is 58.0 Å². The molecule has 3 aromatic carbocycles. The number of aryl methyl sites for hydroxylation is 2. The van der Waals surface area contributed by atoms with Crippen molar-refractivity contribution in [1.82, 2.24) is 10.2 Å². The normalized spacial score (nSPS) is 12.6. The minimum absolute atomic E-state index is 0.0163. The highest BCUT2D eigenvalue weighted by Gasteiger charge is 2.35. The summed E-state index contributed by atoms with van der Waals surface area (Å²) >= 11 is 0. The fourth-order valence-corrected chi connectivity index (χ4v) is 6.13. The molecule has 2 atom stereocenters. The molecule has 0 radical (unpaired) electrons. The third-order valence-electron chi connectivity index (χ3n) is 7.36. The maximum atomic E-state index is 14.3. The Morgan fingerprint density at radius 3 is 2.16 bits per heavy atom. The Kier molecular flexibility index (Phi) is 11.6. The number of nitrogens with zero attached hydrogens (tertiary/aromatic N) is 2. The molecule has 0 bridgehead atoms. The summed E-state index contributed by atoms with van der Waals surface area (Å²) in [5, 5.41) is 2.99. The van der Waals surface area contributed by atoms with Gasteiger partial charge in [-0.3, -0.25) is 13.9 Å². The minimum Gasteiger partial charge on any atom is -0.497 e. The van der Waals surface area contributed by atoms with Crippen molar-refractivity contribution in [3.8, 4) is 11.5 Å². The lowest BCUT2D eigenvalue weighted by Crippen LogP contribution is -2.53. The van der Waals surface area contributed by atoms with E-state index in [0.29, 0.717) is 12.2 Å². The van der Waals surface area contributed by atoms with Gasteiger partial charge in [0.1, 0.15) is 24.1 Å². The second-order valence-corrected chi connectivity index (χ2v) is 12.5. The summed E-state index contributed by atoms with van der Waals surface area (Å²) < 4.78 is 40.4. The van der Waals surface area contributed by atoms with Crippen LogP contribution in [0.25, 0.3) is 0 Å². The fourth-order valence-electron chi connectivity index (χ4n) is 4.71. The van der Waals surface area contributed by atoms with Crippen molar-refractivity contribution in [2.24, 2.45) is 0 Å². The smallest absolute Gasteiger partial charge is 0.264 e. The highest BCUT2D eigenvalue weighted by Crippen LogP contribution is 2.36. The van der Waals surface area contributed by atoms with Crippen LogP contribution in [-0.2, 0) is 26.2 Å². The Hall–Kier alpha value is -4.05. The number of anilines is 1. The van der Waals surface area contributed by atoms with E-state index in [9.17, 15) is 18.0 Å². The van der Waals surface area contributed by atoms with Gasteiger partial charge in [-0.05, 0) is 63.4 Å². The summed E-state index contributed by atoms with van der Waals surface area (Å²) in [5.41, 5.74) is 2.87. The van der Waals surface area contributed by atoms with Crippen molar-refractivity contribution in [3.05, 3.63) is 83.4 Å². The summed E-state index contributed by atoms with van der Waals surface area (Å²) in [6.07, 6.45) is 1.07. The van der Waals surface area contributed by atoms with E-state index in [1.807, 2.05) is 58.9 Å². The van der Waals surface area contributed by atoms with Crippen molar-refractivity contribution in [2.45, 2.75) is 71.0 Å². The van der Waals surface area contributed by atoms with Crippen LogP contribution in [0.3, 0.4) is 0 Å². The molecule has 0 heterocycles. The zero-order valence-electron chi connectivity index (χ0n) is 26.1. The number of carbonyl (C=O) groups excluding carboxylic acids is 2. The lowest BCUT2D eigenvalue weighted by molar-refractivity contribution is -0.140. The first kappa shape index (κ1) is 33.5. The molecule has 232 valence electrons. The average molecular weight is 610 g/mol. The van der Waals surface area contributed by atoms with Crippen LogP contribution in [0.1, 0.15) is 50.3 Å². The van der Waals surface area contributed by atoms with Crippen molar-refractivity contribution in [3.63, 3.8) is 0 Å². The first-order valence-corrected chi connectivity index (χ1v) is 15.9. The topological polar surface area (TPSA) is 105 Å². The average Bonchev–Trinajstić information content (AvgIpc) is 2.99. The molecule has 0 saturated heterocycles. The van der Waals surface area contributed by atoms with Gasteiger partial charge in [0.05, 0.1) is 24.8 Å². The number of methoxy groups -OCH3 is 2. The van der Waals surface area contributed by atoms with Gasteiger partial charge < -0.3 is 19.7 Å². The number of rotatable bonds is 14. The van der Waals surface area contributed by atoms with Gasteiger partial charge in [0, 0.05) is 18.7 Å². The Morgan fingerprint density at radius 2 is 1.58 bits per heavy atom. The standard InChI is InChI=1S/C33H43N3O6S/c1-8-25(5)34-33(38)29(9-2)35(21-26-12-10-11-24(4)19-26)32(37)22-36(30-20-27(41-6)15-18-31(30)42-7)43(39,40)28-16-13-23(3)14-17-28/h10-20,25,29H,8-9,21-22H2,1-7H3,(H,34,38)/t25-,29-/m1/s1. The monoisotopic (exact) mass is 609 g/mol. The molecule has 0 aromatic heterocycles. The number of benzene rings is 3. The van der Waals surface area contributed by atoms with Crippen molar-refractivity contribution < 1.29 is 27.5 Å². The van der Waals surface area contributed by atoms with E-state index in [1.165, 1.54) is 37.3 Å². The molecular weight excluding hydrogens is 566 g/mol. The van der Waals surface area contributed by atoms with E-state index in [-0.39, 0.29) is 34.8 Å². The number of nitrogens with one attached hydrogen (secondary N) is 1. The maximum absolute atomic E-state index is 14.3. The van der Waals surface area contributed by atoms with Gasteiger partial charge in [-0.2, -0.15) is 0 Å². The van der Waals surface area contributed by atoms with E-state index >= 15 is 0 Å². The molecule has 0 spiro atoms. The summed E-state index contributed by atoms with van der Waals surface area (Å²) in [6, 6.07) is 18.0. The summed E-state index contributed by atoms with van der Waals surface area (Å²) in [6.45, 7) is 9.08. The fraction of sp³-hybridized carbons (Fsp3) is 0.394. The molecule has 43 heavy (non-hydrogen) atoms. The van der Waals surface area contributed by atoms with E-state index in [1.54, 1.807) is 24.3 Å². The molecule has 0 unspecified atom stereocenters. The molecular formula is C33H43N3O6S. The molecule has 0 aliphatic rings. The largest absolute Gasteiger partial charge is 0.497 e. The van der Waals surface area contributed by atoms with Gasteiger partial charge in [0.15, 0.2) is 0 Å². The predicted molar refractivity (Wildman–Crippen MR) is 169 cm³/mol. The Labute approximate surface area is 255 Å². The summed E-state index contributed by atoms with van der Waals surface area (Å²) in [4.78, 5) is 29.3. The Bertz CT molecular complexity index is 1510. The van der Waals surface area contributed by atoms with Crippen molar-refractivity contribution in [1.29, 1.82) is 0 Å². The number of carbonyl (C=O) groups is 2. The van der Waals surface area contributed by atoms with Crippen LogP contribution in [0, 0.1) is 13.8 Å². The van der Waals surface area contributed by atoms with Gasteiger partial charge in [0.25, 0.3) is 10.0 Å². The second kappa shape index (κ2) is 14.9. The molecule has 0 saturated carbocycles. The molecule has 0 aliphatic carbocycles. The first-order chi connectivity index (χ1) is 20.4. The molecule has 1 N–H and O–H groups in total. The van der Waals surface area contributed by atoms with Crippen molar-refractivity contribution >= 4 is 27.5 Å². The van der Waals surface area contributed by atoms with Gasteiger partial charge in [-0.1, -0.05) is 61.4 Å². The SMILES string of the molecule is CC[C@@H](C)NC(=O)[C@@H](CC)N(Cc1cccc(C)c1)C(=O)CN(c1cc(OC)ccc1OC)S(=O)(=O)c1ccc(C)cc1. The molecule has 9 nitrogen and oxygen atoms in total. The highest BCUT2D eigenvalue weighted by atomic mass is 32.2. The van der Waals surface area contributed by atoms with E-state index < -0.39 is 28.5 Å². The lowest BCUT2D eigenvalue weighted by Gasteiger charge is -2.34. The quantitative estimate of drug-likeness (QED) is 0.268. The molecule has 0 aliphatic heterocycles. The third kappa shape index (κ3) is 8.28. The maximum Gasteiger partial charge on any atom is 0.264 e. The number of hydrogen-bond donors (Lipinski definition) is 1. The van der Waals surface area contributed by atoms with E-state index in [4.69, 9.17) is 9.47 Å². The molecule has 10 heteroatoms. The third-order valence-corrected chi connectivity index (χ3v) is 9.14.